The molecule has 0 radical (unpaired) electrons. The molecule has 1 aliphatic heterocycles. The maximum Gasteiger partial charge on any atom is 0.0424 e. The summed E-state index contributed by atoms with van der Waals surface area (Å²) in [5.41, 5.74) is 10.5. The number of anilines is 4. The van der Waals surface area contributed by atoms with Gasteiger partial charge in [0.2, 0.25) is 0 Å². The molecule has 1 aliphatic rings. The van der Waals surface area contributed by atoms with Crippen molar-refractivity contribution < 1.29 is 25.8 Å². The molecular formula is C46H30N3OPt-3. The maximum absolute atomic E-state index is 6.37. The Morgan fingerprint density at radius 2 is 1.16 bits per heavy atom. The van der Waals surface area contributed by atoms with E-state index in [4.69, 9.17) is 4.74 Å². The van der Waals surface area contributed by atoms with E-state index in [0.717, 1.165) is 56.3 Å². The second-order valence-corrected chi connectivity index (χ2v) is 12.1. The van der Waals surface area contributed by atoms with Gasteiger partial charge in [0.25, 0.3) is 0 Å². The third-order valence-electron chi connectivity index (χ3n) is 9.00. The third kappa shape index (κ3) is 6.20. The van der Waals surface area contributed by atoms with Crippen LogP contribution in [0.4, 0.5) is 22.7 Å². The molecule has 51 heavy (non-hydrogen) atoms. The minimum Gasteiger partial charge on any atom is -0.503 e. The topological polar surface area (TPSA) is 28.6 Å². The fourth-order valence-corrected chi connectivity index (χ4v) is 6.73. The molecule has 5 heteroatoms. The first-order valence-corrected chi connectivity index (χ1v) is 16.6. The van der Waals surface area contributed by atoms with Crippen LogP contribution >= 0.6 is 0 Å². The van der Waals surface area contributed by atoms with Crippen molar-refractivity contribution in [3.63, 3.8) is 0 Å². The first kappa shape index (κ1) is 32.3. The Balaban J connectivity index is 0.00000374. The number of benzene rings is 7. The summed E-state index contributed by atoms with van der Waals surface area (Å²) in [6, 6.07) is 65.5. The zero-order valence-corrected chi connectivity index (χ0v) is 29.7. The van der Waals surface area contributed by atoms with E-state index in [2.05, 4.69) is 155 Å². The quantitative estimate of drug-likeness (QED) is 0.150. The van der Waals surface area contributed by atoms with Crippen molar-refractivity contribution in [1.29, 1.82) is 0 Å². The number of aromatic nitrogens is 1. The molecule has 0 amide bonds. The van der Waals surface area contributed by atoms with Gasteiger partial charge in [0.15, 0.2) is 0 Å². The monoisotopic (exact) mass is 835 g/mol. The van der Waals surface area contributed by atoms with Crippen molar-refractivity contribution >= 4 is 33.5 Å². The second kappa shape index (κ2) is 14.1. The Morgan fingerprint density at radius 3 is 1.88 bits per heavy atom. The van der Waals surface area contributed by atoms with Crippen molar-refractivity contribution in [3.05, 3.63) is 195 Å². The zero-order valence-electron chi connectivity index (χ0n) is 27.4. The predicted octanol–water partition coefficient (Wildman–Crippen LogP) is 12.0. The molecule has 0 aliphatic carbocycles. The van der Waals surface area contributed by atoms with Gasteiger partial charge in [0, 0.05) is 72.3 Å². The minimum absolute atomic E-state index is 0. The van der Waals surface area contributed by atoms with E-state index < -0.39 is 0 Å². The number of pyridine rings is 1. The van der Waals surface area contributed by atoms with Crippen LogP contribution in [0.5, 0.6) is 11.5 Å². The van der Waals surface area contributed by atoms with Gasteiger partial charge in [-0.1, -0.05) is 127 Å². The van der Waals surface area contributed by atoms with E-state index in [0.29, 0.717) is 11.5 Å². The van der Waals surface area contributed by atoms with Crippen LogP contribution in [-0.4, -0.2) is 4.98 Å². The summed E-state index contributed by atoms with van der Waals surface area (Å²) in [4.78, 5) is 9.04. The summed E-state index contributed by atoms with van der Waals surface area (Å²) in [6.45, 7) is 2.19. The van der Waals surface area contributed by atoms with Crippen LogP contribution < -0.4 is 14.5 Å². The summed E-state index contributed by atoms with van der Waals surface area (Å²) in [5, 5.41) is 2.34. The summed E-state index contributed by atoms with van der Waals surface area (Å²) in [5.74, 6) is 1.20. The zero-order chi connectivity index (χ0) is 33.3. The summed E-state index contributed by atoms with van der Waals surface area (Å²) in [6.07, 6.45) is 1.78. The average molecular weight is 836 g/mol. The Kier molecular flexibility index (Phi) is 8.92. The van der Waals surface area contributed by atoms with Crippen LogP contribution in [0.2, 0.25) is 0 Å². The molecule has 7 aromatic carbocycles. The largest absolute Gasteiger partial charge is 0.503 e. The predicted molar refractivity (Wildman–Crippen MR) is 204 cm³/mol. The van der Waals surface area contributed by atoms with Gasteiger partial charge < -0.3 is 19.5 Å². The number of para-hydroxylation sites is 1. The van der Waals surface area contributed by atoms with Crippen LogP contribution in [0.3, 0.4) is 0 Å². The molecule has 0 unspecified atom stereocenters. The summed E-state index contributed by atoms with van der Waals surface area (Å²) < 4.78 is 6.37. The number of fused-ring (bicyclic) bond motifs is 3. The van der Waals surface area contributed by atoms with E-state index in [1.807, 2.05) is 48.5 Å². The molecule has 0 spiro atoms. The fourth-order valence-electron chi connectivity index (χ4n) is 6.73. The van der Waals surface area contributed by atoms with Gasteiger partial charge in [-0.2, -0.15) is 6.07 Å². The van der Waals surface area contributed by atoms with Gasteiger partial charge in [-0.05, 0) is 34.3 Å². The number of hydrogen-bond donors (Lipinski definition) is 0. The Labute approximate surface area is 312 Å². The van der Waals surface area contributed by atoms with E-state index in [1.165, 1.54) is 10.8 Å². The van der Waals surface area contributed by atoms with E-state index in [9.17, 15) is 0 Å². The van der Waals surface area contributed by atoms with Gasteiger partial charge in [0.1, 0.15) is 0 Å². The van der Waals surface area contributed by atoms with E-state index in [1.54, 1.807) is 6.20 Å². The molecule has 8 aromatic rings. The number of rotatable bonds is 7. The molecule has 0 bridgehead atoms. The SMILES string of the molecule is [Pt].[c-]1c(Oc2[c-]c(N3[CH-]N(c4c(-c5ccccc5)cccc4-c4ccccc4)c4c3ccc3ccccc43)ccc2)cccc1-c1ccccn1. The second-order valence-electron chi connectivity index (χ2n) is 12.1. The third-order valence-corrected chi connectivity index (χ3v) is 9.00. The molecule has 0 fully saturated rings. The van der Waals surface area contributed by atoms with Crippen LogP contribution in [0.1, 0.15) is 0 Å². The van der Waals surface area contributed by atoms with Crippen molar-refractivity contribution in [2.75, 3.05) is 9.80 Å². The molecule has 2 heterocycles. The normalized spacial score (nSPS) is 12.0. The molecular weight excluding hydrogens is 806 g/mol. The molecule has 0 atom stereocenters. The molecule has 0 saturated carbocycles. The standard InChI is InChI=1S/C46H30N3O.Pt/c1-3-14-33(15-4-1)40-24-13-25-41(34-16-5-2-6-17-34)45(40)49-32-48(44-28-27-35-18-7-8-23-42(35)46(44)49)37-20-12-22-39(31-37)50-38-21-11-19-36(30-38)43-26-9-10-29-47-43;/h1-29,32H;/q-3;. The number of ether oxygens (including phenoxy) is 1. The number of hydrogen-bond acceptors (Lipinski definition) is 4. The first-order chi connectivity index (χ1) is 24.8. The molecule has 0 saturated heterocycles. The van der Waals surface area contributed by atoms with Crippen LogP contribution in [0, 0.1) is 18.8 Å². The molecule has 248 valence electrons. The molecule has 0 N–H and O–H groups in total. The van der Waals surface area contributed by atoms with Crippen molar-refractivity contribution in [2.45, 2.75) is 0 Å². The van der Waals surface area contributed by atoms with Gasteiger partial charge in [0.05, 0.1) is 0 Å². The van der Waals surface area contributed by atoms with Crippen LogP contribution in [0.15, 0.2) is 176 Å². The maximum atomic E-state index is 6.37. The van der Waals surface area contributed by atoms with Crippen LogP contribution in [-0.2, 0) is 21.1 Å². The number of nitrogens with zero attached hydrogens (tertiary/aromatic N) is 3. The summed E-state index contributed by atoms with van der Waals surface area (Å²) >= 11 is 0. The van der Waals surface area contributed by atoms with Crippen molar-refractivity contribution in [3.8, 4) is 45.0 Å². The molecule has 1 aromatic heterocycles. The smallest absolute Gasteiger partial charge is 0.0424 e. The van der Waals surface area contributed by atoms with Gasteiger partial charge in [-0.25, -0.2) is 0 Å². The molecule has 4 nitrogen and oxygen atoms in total. The van der Waals surface area contributed by atoms with Crippen molar-refractivity contribution in [1.82, 2.24) is 4.98 Å². The molecule has 9 rings (SSSR count). The first-order valence-electron chi connectivity index (χ1n) is 16.6. The Bertz CT molecular complexity index is 2390. The Morgan fingerprint density at radius 1 is 0.510 bits per heavy atom. The fraction of sp³-hybridized carbons (Fsp3) is 0. The Hall–Kier alpha value is -5.96. The van der Waals surface area contributed by atoms with E-state index >= 15 is 0 Å². The average Bonchev–Trinajstić information content (AvgIpc) is 3.59. The van der Waals surface area contributed by atoms with E-state index in [-0.39, 0.29) is 21.1 Å². The van der Waals surface area contributed by atoms with Crippen molar-refractivity contribution in [2.24, 2.45) is 0 Å². The van der Waals surface area contributed by atoms with Gasteiger partial charge >= 0.3 is 0 Å². The van der Waals surface area contributed by atoms with Gasteiger partial charge in [-0.15, -0.1) is 54.3 Å². The summed E-state index contributed by atoms with van der Waals surface area (Å²) in [7, 11) is 0. The van der Waals surface area contributed by atoms with Crippen LogP contribution in [0.25, 0.3) is 44.3 Å². The minimum atomic E-state index is 0. The van der Waals surface area contributed by atoms with Gasteiger partial charge in [-0.3, -0.25) is 0 Å².